The predicted molar refractivity (Wildman–Crippen MR) is 115 cm³/mol. The summed E-state index contributed by atoms with van der Waals surface area (Å²) < 4.78 is 4.02. The molecule has 0 radical (unpaired) electrons. The van der Waals surface area contributed by atoms with Crippen molar-refractivity contribution in [1.29, 1.82) is 0 Å². The number of rotatable bonds is 14. The number of amides is 2. The summed E-state index contributed by atoms with van der Waals surface area (Å²) in [4.78, 5) is 62.3. The summed E-state index contributed by atoms with van der Waals surface area (Å²) >= 11 is 0. The van der Waals surface area contributed by atoms with Gasteiger partial charge in [-0.1, -0.05) is 21.6 Å². The van der Waals surface area contributed by atoms with Gasteiger partial charge in [-0.15, -0.1) is 10.1 Å². The smallest absolute Gasteiger partial charge is 0.329 e. The fraction of sp³-hybridized carbons (Fsp3) is 0.765. The molecule has 3 N–H and O–H groups in total. The fourth-order valence-corrected chi connectivity index (χ4v) is 4.88. The summed E-state index contributed by atoms with van der Waals surface area (Å²) in [5.41, 5.74) is -1.30. The fourth-order valence-electron chi connectivity index (χ4n) is 2.08. The predicted octanol–water partition coefficient (Wildman–Crippen LogP) is 1.02. The van der Waals surface area contributed by atoms with Crippen LogP contribution in [0.1, 0.15) is 41.5 Å². The minimum atomic E-state index is -1.30. The van der Waals surface area contributed by atoms with E-state index >= 15 is 0 Å². The summed E-state index contributed by atoms with van der Waals surface area (Å²) in [7, 11) is 2.23. The second kappa shape index (κ2) is 12.6. The zero-order valence-corrected chi connectivity index (χ0v) is 19.9. The Bertz CT molecular complexity index is 686. The monoisotopic (exact) mass is 483 g/mol. The van der Waals surface area contributed by atoms with Crippen LogP contribution < -0.4 is 10.6 Å². The Kier molecular flexibility index (Phi) is 11.7. The van der Waals surface area contributed by atoms with Crippen LogP contribution >= 0.6 is 21.6 Å². The highest BCUT2D eigenvalue weighted by molar-refractivity contribution is 8.77. The zero-order chi connectivity index (χ0) is 24.4. The Hall–Kier alpha value is -2.22. The number of nitrogens with one attached hydrogen (secondary N) is 2. The highest BCUT2D eigenvalue weighted by atomic mass is 33.1. The first-order valence-corrected chi connectivity index (χ1v) is 11.5. The maximum absolute atomic E-state index is 12.5. The minimum Gasteiger partial charge on any atom is -0.480 e. The van der Waals surface area contributed by atoms with E-state index in [2.05, 4.69) is 15.5 Å². The quantitative estimate of drug-likeness (QED) is 0.139. The van der Waals surface area contributed by atoms with E-state index in [-0.39, 0.29) is 12.4 Å². The van der Waals surface area contributed by atoms with Crippen molar-refractivity contribution < 1.29 is 38.9 Å². The van der Waals surface area contributed by atoms with Crippen LogP contribution in [0.5, 0.6) is 0 Å². The standard InChI is InChI=1S/C17H29N3O9S2/c1-7-28-14(24)11(19-15(25)16(3,4)9-29-20(26)27)8-30-31-17(5,6)12(13(22)23)18-10(2)21/h11-12H,7-9H2,1-6H3,(H,18,21)(H,19,25)(H,22,23). The van der Waals surface area contributed by atoms with Gasteiger partial charge in [0.15, 0.2) is 0 Å². The van der Waals surface area contributed by atoms with Crippen molar-refractivity contribution in [3.8, 4) is 0 Å². The van der Waals surface area contributed by atoms with E-state index in [1.54, 1.807) is 20.8 Å². The van der Waals surface area contributed by atoms with Crippen LogP contribution in [0.3, 0.4) is 0 Å². The molecule has 2 amide bonds. The molecule has 0 spiro atoms. The lowest BCUT2D eigenvalue weighted by atomic mass is 9.93. The molecule has 0 fully saturated rings. The van der Waals surface area contributed by atoms with E-state index in [1.165, 1.54) is 20.8 Å². The van der Waals surface area contributed by atoms with Crippen LogP contribution in [0.15, 0.2) is 0 Å². The lowest BCUT2D eigenvalue weighted by molar-refractivity contribution is -0.760. The number of aliphatic carboxylic acids is 1. The van der Waals surface area contributed by atoms with Gasteiger partial charge in [0.2, 0.25) is 11.8 Å². The van der Waals surface area contributed by atoms with E-state index < -0.39 is 57.7 Å². The van der Waals surface area contributed by atoms with Crippen molar-refractivity contribution in [2.24, 2.45) is 5.41 Å². The molecule has 31 heavy (non-hydrogen) atoms. The normalized spacial score (nSPS) is 13.5. The molecule has 0 saturated carbocycles. The van der Waals surface area contributed by atoms with Gasteiger partial charge in [-0.05, 0) is 34.6 Å². The molecule has 178 valence electrons. The lowest BCUT2D eigenvalue weighted by Gasteiger charge is -2.31. The van der Waals surface area contributed by atoms with E-state index in [9.17, 15) is 34.4 Å². The summed E-state index contributed by atoms with van der Waals surface area (Å²) in [6, 6.07) is -2.27. The highest BCUT2D eigenvalue weighted by Crippen LogP contribution is 2.38. The van der Waals surface area contributed by atoms with Crippen LogP contribution in [0.4, 0.5) is 0 Å². The maximum atomic E-state index is 12.5. The molecule has 0 saturated heterocycles. The molecule has 0 aliphatic rings. The second-order valence-electron chi connectivity index (χ2n) is 7.60. The van der Waals surface area contributed by atoms with Crippen molar-refractivity contribution in [1.82, 2.24) is 10.6 Å². The largest absolute Gasteiger partial charge is 0.480 e. The van der Waals surface area contributed by atoms with Crippen LogP contribution in [-0.2, 0) is 28.8 Å². The van der Waals surface area contributed by atoms with Crippen LogP contribution in [0, 0.1) is 15.5 Å². The average Bonchev–Trinajstić information content (AvgIpc) is 2.63. The van der Waals surface area contributed by atoms with Gasteiger partial charge in [0, 0.05) is 12.7 Å². The van der Waals surface area contributed by atoms with E-state index in [4.69, 9.17) is 4.74 Å². The molecule has 0 heterocycles. The number of carboxylic acid groups (broad SMARTS) is 1. The van der Waals surface area contributed by atoms with Crippen molar-refractivity contribution in [3.05, 3.63) is 10.1 Å². The highest BCUT2D eigenvalue weighted by Gasteiger charge is 2.38. The van der Waals surface area contributed by atoms with E-state index in [1.807, 2.05) is 0 Å². The number of hydrogen-bond acceptors (Lipinski definition) is 10. The Morgan fingerprint density at radius 2 is 1.74 bits per heavy atom. The van der Waals surface area contributed by atoms with Crippen LogP contribution in [-0.4, -0.2) is 69.7 Å². The molecule has 0 rings (SSSR count). The number of nitrogens with zero attached hydrogens (tertiary/aromatic N) is 1. The summed E-state index contributed by atoms with van der Waals surface area (Å²) in [6.07, 6.45) is 0. The molecular formula is C17H29N3O9S2. The van der Waals surface area contributed by atoms with Crippen LogP contribution in [0.25, 0.3) is 0 Å². The SMILES string of the molecule is CCOC(=O)C(CSSC(C)(C)C(NC(C)=O)C(=O)O)NC(=O)C(C)(C)CO[N+](=O)[O-]. The van der Waals surface area contributed by atoms with Crippen molar-refractivity contribution in [2.45, 2.75) is 58.4 Å². The molecule has 2 unspecified atom stereocenters. The third-order valence-corrected chi connectivity index (χ3v) is 7.12. The molecule has 14 heteroatoms. The zero-order valence-electron chi connectivity index (χ0n) is 18.3. The number of hydrogen-bond donors (Lipinski definition) is 3. The summed E-state index contributed by atoms with van der Waals surface area (Å²) in [5.74, 6) is -3.04. The first-order valence-electron chi connectivity index (χ1n) is 9.19. The van der Waals surface area contributed by atoms with Crippen molar-refractivity contribution in [2.75, 3.05) is 19.0 Å². The second-order valence-corrected chi connectivity index (χ2v) is 10.6. The summed E-state index contributed by atoms with van der Waals surface area (Å²) in [5, 5.41) is 23.6. The van der Waals surface area contributed by atoms with Gasteiger partial charge in [-0.25, -0.2) is 9.59 Å². The number of carboxylic acids is 1. The summed E-state index contributed by atoms with van der Waals surface area (Å²) in [6.45, 7) is 8.46. The number of carbonyl (C=O) groups excluding carboxylic acids is 3. The van der Waals surface area contributed by atoms with Gasteiger partial charge in [0.1, 0.15) is 18.7 Å². The van der Waals surface area contributed by atoms with Gasteiger partial charge in [-0.3, -0.25) is 9.59 Å². The molecule has 0 aromatic carbocycles. The molecule has 0 aliphatic heterocycles. The first-order chi connectivity index (χ1) is 14.1. The first kappa shape index (κ1) is 28.8. The topological polar surface area (TPSA) is 174 Å². The van der Waals surface area contributed by atoms with Gasteiger partial charge < -0.3 is 25.3 Å². The Morgan fingerprint density at radius 1 is 1.16 bits per heavy atom. The lowest BCUT2D eigenvalue weighted by Crippen LogP contribution is -2.52. The number of carbonyl (C=O) groups is 4. The molecule has 0 aromatic heterocycles. The molecule has 0 aromatic rings. The molecule has 2 atom stereocenters. The maximum Gasteiger partial charge on any atom is 0.329 e. The Labute approximate surface area is 188 Å². The molecular weight excluding hydrogens is 454 g/mol. The third-order valence-electron chi connectivity index (χ3n) is 3.82. The van der Waals surface area contributed by atoms with Gasteiger partial charge >= 0.3 is 11.9 Å². The van der Waals surface area contributed by atoms with Crippen molar-refractivity contribution >= 4 is 45.3 Å². The Morgan fingerprint density at radius 3 is 2.19 bits per heavy atom. The van der Waals surface area contributed by atoms with Crippen molar-refractivity contribution in [3.63, 3.8) is 0 Å². The average molecular weight is 484 g/mol. The van der Waals surface area contributed by atoms with Gasteiger partial charge in [0.25, 0.3) is 5.09 Å². The third kappa shape index (κ3) is 10.6. The number of esters is 1. The number of ether oxygens (including phenoxy) is 1. The van der Waals surface area contributed by atoms with Crippen LogP contribution in [0.2, 0.25) is 0 Å². The molecule has 0 aliphatic carbocycles. The molecule has 0 bridgehead atoms. The molecule has 12 nitrogen and oxygen atoms in total. The van der Waals surface area contributed by atoms with E-state index in [0.29, 0.717) is 0 Å². The van der Waals surface area contributed by atoms with Gasteiger partial charge in [0.05, 0.1) is 16.8 Å². The van der Waals surface area contributed by atoms with E-state index in [0.717, 1.165) is 21.6 Å². The minimum absolute atomic E-state index is 0.0251. The van der Waals surface area contributed by atoms with Gasteiger partial charge in [-0.2, -0.15) is 0 Å². The Balaban J connectivity index is 5.19.